The van der Waals surface area contributed by atoms with Crippen LogP contribution in [0.15, 0.2) is 18.2 Å². The zero-order chi connectivity index (χ0) is 13.2. The molecule has 3 nitrogen and oxygen atoms in total. The lowest BCUT2D eigenvalue weighted by Gasteiger charge is -2.20. The molecule has 1 aromatic rings. The Balaban J connectivity index is 1.95. The fourth-order valence-corrected chi connectivity index (χ4v) is 3.17. The van der Waals surface area contributed by atoms with Crippen LogP contribution in [-0.4, -0.2) is 28.1 Å². The van der Waals surface area contributed by atoms with Crippen molar-refractivity contribution in [2.45, 2.75) is 18.6 Å². The van der Waals surface area contributed by atoms with Crippen LogP contribution in [0.5, 0.6) is 0 Å². The molecule has 0 spiro atoms. The Morgan fingerprint density at radius 1 is 1.61 bits per heavy atom. The first-order chi connectivity index (χ1) is 8.51. The molecule has 18 heavy (non-hydrogen) atoms. The van der Waals surface area contributed by atoms with E-state index in [2.05, 4.69) is 5.32 Å². The van der Waals surface area contributed by atoms with Crippen molar-refractivity contribution in [3.05, 3.63) is 34.6 Å². The first-order valence-electron chi connectivity index (χ1n) is 5.54. The van der Waals surface area contributed by atoms with E-state index >= 15 is 0 Å². The van der Waals surface area contributed by atoms with E-state index in [1.807, 2.05) is 0 Å². The number of carbonyl (C=O) groups excluding carboxylic acids is 1. The Labute approximate surface area is 114 Å². The lowest BCUT2D eigenvalue weighted by atomic mass is 10.0. The number of amides is 1. The van der Waals surface area contributed by atoms with Crippen LogP contribution in [0.4, 0.5) is 4.39 Å². The predicted octanol–water partition coefficient (Wildman–Crippen LogP) is 1.96. The predicted molar refractivity (Wildman–Crippen MR) is 70.1 cm³/mol. The van der Waals surface area contributed by atoms with E-state index < -0.39 is 11.4 Å². The molecule has 1 unspecified atom stereocenters. The Hall–Kier alpha value is -0.780. The van der Waals surface area contributed by atoms with Crippen LogP contribution in [-0.2, 0) is 11.3 Å². The van der Waals surface area contributed by atoms with Crippen molar-refractivity contribution in [1.29, 1.82) is 0 Å². The molecule has 1 saturated heterocycles. The van der Waals surface area contributed by atoms with Crippen molar-refractivity contribution in [3.8, 4) is 0 Å². The van der Waals surface area contributed by atoms with Gasteiger partial charge in [0.25, 0.3) is 5.91 Å². The zero-order valence-corrected chi connectivity index (χ0v) is 11.2. The molecule has 6 heteroatoms. The van der Waals surface area contributed by atoms with Crippen molar-refractivity contribution in [1.82, 2.24) is 5.32 Å². The number of halogens is 2. The van der Waals surface area contributed by atoms with E-state index in [4.69, 9.17) is 11.6 Å². The summed E-state index contributed by atoms with van der Waals surface area (Å²) >= 11 is 7.20. The standard InChI is InChI=1S/C12H13ClFNO2S/c13-9-5-8(1-2-10(9)14)6-15-11(16)12(17)3-4-18-7-12/h1-2,5,17H,3-4,6-7H2,(H,15,16). The van der Waals surface area contributed by atoms with Crippen LogP contribution < -0.4 is 5.32 Å². The average Bonchev–Trinajstić information content (AvgIpc) is 2.79. The second kappa shape index (κ2) is 5.47. The van der Waals surface area contributed by atoms with E-state index in [0.29, 0.717) is 17.7 Å². The Kier molecular flexibility index (Phi) is 4.14. The van der Waals surface area contributed by atoms with Crippen LogP contribution >= 0.6 is 23.4 Å². The van der Waals surface area contributed by atoms with E-state index in [1.54, 1.807) is 17.8 Å². The van der Waals surface area contributed by atoms with Crippen LogP contribution in [0, 0.1) is 5.82 Å². The molecule has 1 heterocycles. The molecule has 98 valence electrons. The van der Waals surface area contributed by atoms with Gasteiger partial charge in [0, 0.05) is 12.3 Å². The second-order valence-corrected chi connectivity index (χ2v) is 5.78. The van der Waals surface area contributed by atoms with Crippen molar-refractivity contribution < 1.29 is 14.3 Å². The monoisotopic (exact) mass is 289 g/mol. The molecule has 2 rings (SSSR count). The molecule has 0 radical (unpaired) electrons. The molecule has 1 fully saturated rings. The van der Waals surface area contributed by atoms with Crippen LogP contribution in [0.3, 0.4) is 0 Å². The summed E-state index contributed by atoms with van der Waals surface area (Å²) in [5.41, 5.74) is -0.571. The minimum absolute atomic E-state index is 0.0249. The summed E-state index contributed by atoms with van der Waals surface area (Å²) in [6, 6.07) is 4.27. The van der Waals surface area contributed by atoms with Gasteiger partial charge >= 0.3 is 0 Å². The number of thioether (sulfide) groups is 1. The largest absolute Gasteiger partial charge is 0.379 e. The molecule has 0 aromatic heterocycles. The third-order valence-electron chi connectivity index (χ3n) is 2.86. The lowest BCUT2D eigenvalue weighted by molar-refractivity contribution is -0.137. The number of rotatable bonds is 3. The van der Waals surface area contributed by atoms with Crippen molar-refractivity contribution in [2.75, 3.05) is 11.5 Å². The van der Waals surface area contributed by atoms with Crippen LogP contribution in [0.1, 0.15) is 12.0 Å². The smallest absolute Gasteiger partial charge is 0.253 e. The molecular formula is C12H13ClFNO2S. The summed E-state index contributed by atoms with van der Waals surface area (Å²) in [5.74, 6) is 0.334. The Morgan fingerprint density at radius 3 is 3.00 bits per heavy atom. The fraction of sp³-hybridized carbons (Fsp3) is 0.417. The summed E-state index contributed by atoms with van der Waals surface area (Å²) < 4.78 is 12.9. The molecule has 0 aliphatic carbocycles. The van der Waals surface area contributed by atoms with Gasteiger partial charge in [0.05, 0.1) is 5.02 Å². The highest BCUT2D eigenvalue weighted by Gasteiger charge is 2.39. The highest BCUT2D eigenvalue weighted by molar-refractivity contribution is 7.99. The van der Waals surface area contributed by atoms with E-state index in [0.717, 1.165) is 5.75 Å². The number of benzene rings is 1. The van der Waals surface area contributed by atoms with Gasteiger partial charge in [-0.05, 0) is 29.9 Å². The summed E-state index contributed by atoms with van der Waals surface area (Å²) in [6.45, 7) is 0.228. The van der Waals surface area contributed by atoms with Gasteiger partial charge in [-0.15, -0.1) is 0 Å². The van der Waals surface area contributed by atoms with Gasteiger partial charge in [-0.3, -0.25) is 4.79 Å². The van der Waals surface area contributed by atoms with Gasteiger partial charge in [0.2, 0.25) is 0 Å². The molecular weight excluding hydrogens is 277 g/mol. The second-order valence-electron chi connectivity index (χ2n) is 4.27. The van der Waals surface area contributed by atoms with Gasteiger partial charge in [-0.1, -0.05) is 17.7 Å². The summed E-state index contributed by atoms with van der Waals surface area (Å²) in [6.07, 6.45) is 0.466. The molecule has 1 amide bonds. The fourth-order valence-electron chi connectivity index (χ4n) is 1.73. The van der Waals surface area contributed by atoms with Gasteiger partial charge in [-0.25, -0.2) is 4.39 Å². The zero-order valence-electron chi connectivity index (χ0n) is 9.58. The van der Waals surface area contributed by atoms with E-state index in [-0.39, 0.29) is 17.5 Å². The molecule has 1 aromatic carbocycles. The molecule has 1 aliphatic rings. The SMILES string of the molecule is O=C(NCc1ccc(F)c(Cl)c1)C1(O)CCSC1. The third kappa shape index (κ3) is 2.96. The first-order valence-corrected chi connectivity index (χ1v) is 7.07. The topological polar surface area (TPSA) is 49.3 Å². The van der Waals surface area contributed by atoms with E-state index in [1.165, 1.54) is 12.1 Å². The average molecular weight is 290 g/mol. The first kappa shape index (κ1) is 13.6. The van der Waals surface area contributed by atoms with E-state index in [9.17, 15) is 14.3 Å². The molecule has 1 atom stereocenters. The third-order valence-corrected chi connectivity index (χ3v) is 4.32. The van der Waals surface area contributed by atoms with Gasteiger partial charge in [-0.2, -0.15) is 11.8 Å². The number of hydrogen-bond donors (Lipinski definition) is 2. The molecule has 0 bridgehead atoms. The van der Waals surface area contributed by atoms with Crippen molar-refractivity contribution >= 4 is 29.3 Å². The minimum atomic E-state index is -1.27. The summed E-state index contributed by atoms with van der Waals surface area (Å²) in [4.78, 5) is 11.8. The molecule has 0 saturated carbocycles. The maximum atomic E-state index is 12.9. The normalized spacial score (nSPS) is 23.1. The molecule has 1 aliphatic heterocycles. The Bertz CT molecular complexity index is 463. The highest BCUT2D eigenvalue weighted by Crippen LogP contribution is 2.28. The minimum Gasteiger partial charge on any atom is -0.379 e. The summed E-state index contributed by atoms with van der Waals surface area (Å²) in [5, 5.41) is 12.7. The lowest BCUT2D eigenvalue weighted by Crippen LogP contribution is -2.46. The number of carbonyl (C=O) groups is 1. The van der Waals surface area contributed by atoms with Gasteiger partial charge in [0.1, 0.15) is 5.82 Å². The number of nitrogens with one attached hydrogen (secondary N) is 1. The van der Waals surface area contributed by atoms with Gasteiger partial charge < -0.3 is 10.4 Å². The summed E-state index contributed by atoms with van der Waals surface area (Å²) in [7, 11) is 0. The quantitative estimate of drug-likeness (QED) is 0.894. The van der Waals surface area contributed by atoms with Crippen LogP contribution in [0.2, 0.25) is 5.02 Å². The van der Waals surface area contributed by atoms with Crippen LogP contribution in [0.25, 0.3) is 0 Å². The highest BCUT2D eigenvalue weighted by atomic mass is 35.5. The Morgan fingerprint density at radius 2 is 2.39 bits per heavy atom. The number of aliphatic hydroxyl groups is 1. The number of hydrogen-bond acceptors (Lipinski definition) is 3. The van der Waals surface area contributed by atoms with Gasteiger partial charge in [0.15, 0.2) is 5.60 Å². The maximum absolute atomic E-state index is 12.9. The van der Waals surface area contributed by atoms with Crippen molar-refractivity contribution in [2.24, 2.45) is 0 Å². The molecule has 2 N–H and O–H groups in total. The van der Waals surface area contributed by atoms with Crippen molar-refractivity contribution in [3.63, 3.8) is 0 Å². The maximum Gasteiger partial charge on any atom is 0.253 e.